The molecule has 0 aliphatic heterocycles. The van der Waals surface area contributed by atoms with Crippen molar-refractivity contribution in [2.45, 2.75) is 27.7 Å². The standard InChI is InChI=1S/C13H23N3/c1-5-16(6-2)8-7-14-13-10-11(3)9-12(4)15-13/h9-10H,5-8H2,1-4H3,(H,14,15). The lowest BCUT2D eigenvalue weighted by Gasteiger charge is -2.18. The predicted molar refractivity (Wildman–Crippen MR) is 70.0 cm³/mol. The van der Waals surface area contributed by atoms with Crippen LogP contribution >= 0.6 is 0 Å². The highest BCUT2D eigenvalue weighted by atomic mass is 15.1. The van der Waals surface area contributed by atoms with Gasteiger partial charge in [-0.2, -0.15) is 0 Å². The molecule has 0 aliphatic carbocycles. The normalized spacial score (nSPS) is 10.8. The summed E-state index contributed by atoms with van der Waals surface area (Å²) in [6.45, 7) is 12.8. The third-order valence-electron chi connectivity index (χ3n) is 2.73. The maximum Gasteiger partial charge on any atom is 0.126 e. The second kappa shape index (κ2) is 6.48. The van der Waals surface area contributed by atoms with Crippen molar-refractivity contribution in [2.24, 2.45) is 0 Å². The molecule has 1 aromatic heterocycles. The van der Waals surface area contributed by atoms with E-state index in [9.17, 15) is 0 Å². The number of rotatable bonds is 6. The van der Waals surface area contributed by atoms with Crippen molar-refractivity contribution in [3.63, 3.8) is 0 Å². The maximum atomic E-state index is 4.45. The van der Waals surface area contributed by atoms with Crippen LogP contribution in [0, 0.1) is 13.8 Å². The molecule has 3 heteroatoms. The third-order valence-corrected chi connectivity index (χ3v) is 2.73. The largest absolute Gasteiger partial charge is 0.369 e. The number of likely N-dealkylation sites (N-methyl/N-ethyl adjacent to an activating group) is 1. The molecule has 16 heavy (non-hydrogen) atoms. The fourth-order valence-electron chi connectivity index (χ4n) is 1.81. The number of aryl methyl sites for hydroxylation is 2. The van der Waals surface area contributed by atoms with Crippen LogP contribution in [0.5, 0.6) is 0 Å². The summed E-state index contributed by atoms with van der Waals surface area (Å²) < 4.78 is 0. The van der Waals surface area contributed by atoms with Crippen LogP contribution in [0.25, 0.3) is 0 Å². The Bertz CT molecular complexity index is 299. The lowest BCUT2D eigenvalue weighted by atomic mass is 10.2. The molecule has 1 N–H and O–H groups in total. The first-order valence-corrected chi connectivity index (χ1v) is 6.07. The van der Waals surface area contributed by atoms with E-state index in [4.69, 9.17) is 0 Å². The van der Waals surface area contributed by atoms with Crippen LogP contribution in [0.3, 0.4) is 0 Å². The summed E-state index contributed by atoms with van der Waals surface area (Å²) in [5.74, 6) is 0.990. The molecule has 0 aromatic carbocycles. The van der Waals surface area contributed by atoms with E-state index in [0.29, 0.717) is 0 Å². The van der Waals surface area contributed by atoms with Crippen molar-refractivity contribution >= 4 is 5.82 Å². The van der Waals surface area contributed by atoms with Gasteiger partial charge in [0.05, 0.1) is 0 Å². The third kappa shape index (κ3) is 4.19. The minimum atomic E-state index is 0.956. The Hall–Kier alpha value is -1.09. The van der Waals surface area contributed by atoms with Crippen LogP contribution in [-0.4, -0.2) is 36.1 Å². The Labute approximate surface area is 98.9 Å². The van der Waals surface area contributed by atoms with Crippen molar-refractivity contribution in [1.82, 2.24) is 9.88 Å². The predicted octanol–water partition coefficient (Wildman–Crippen LogP) is 2.45. The minimum Gasteiger partial charge on any atom is -0.369 e. The van der Waals surface area contributed by atoms with E-state index in [1.54, 1.807) is 0 Å². The fraction of sp³-hybridized carbons (Fsp3) is 0.615. The van der Waals surface area contributed by atoms with Gasteiger partial charge in [0, 0.05) is 18.8 Å². The summed E-state index contributed by atoms with van der Waals surface area (Å²) in [4.78, 5) is 6.85. The smallest absolute Gasteiger partial charge is 0.126 e. The van der Waals surface area contributed by atoms with E-state index in [-0.39, 0.29) is 0 Å². The molecule has 0 spiro atoms. The number of nitrogens with zero attached hydrogens (tertiary/aromatic N) is 2. The highest BCUT2D eigenvalue weighted by Crippen LogP contribution is 2.08. The van der Waals surface area contributed by atoms with Gasteiger partial charge in [0.1, 0.15) is 5.82 Å². The van der Waals surface area contributed by atoms with Crippen LogP contribution in [0.15, 0.2) is 12.1 Å². The topological polar surface area (TPSA) is 28.2 Å². The van der Waals surface area contributed by atoms with E-state index >= 15 is 0 Å². The minimum absolute atomic E-state index is 0.956. The molecular weight excluding hydrogens is 198 g/mol. The van der Waals surface area contributed by atoms with Gasteiger partial charge in [0.2, 0.25) is 0 Å². The second-order valence-electron chi connectivity index (χ2n) is 4.12. The quantitative estimate of drug-likeness (QED) is 0.800. The summed E-state index contributed by atoms with van der Waals surface area (Å²) in [6, 6.07) is 4.19. The molecule has 0 atom stereocenters. The average Bonchev–Trinajstić information content (AvgIpc) is 2.23. The molecule has 0 unspecified atom stereocenters. The molecule has 1 heterocycles. The summed E-state index contributed by atoms with van der Waals surface area (Å²) in [7, 11) is 0. The molecule has 0 radical (unpaired) electrons. The van der Waals surface area contributed by atoms with Crippen molar-refractivity contribution < 1.29 is 0 Å². The van der Waals surface area contributed by atoms with E-state index < -0.39 is 0 Å². The van der Waals surface area contributed by atoms with Crippen LogP contribution in [0.2, 0.25) is 0 Å². The number of hydrogen-bond acceptors (Lipinski definition) is 3. The van der Waals surface area contributed by atoms with Crippen molar-refractivity contribution in [1.29, 1.82) is 0 Å². The lowest BCUT2D eigenvalue weighted by Crippen LogP contribution is -2.28. The Balaban J connectivity index is 2.42. The highest BCUT2D eigenvalue weighted by molar-refractivity contribution is 5.38. The van der Waals surface area contributed by atoms with Gasteiger partial charge in [0.15, 0.2) is 0 Å². The van der Waals surface area contributed by atoms with E-state index in [0.717, 1.165) is 37.7 Å². The second-order valence-corrected chi connectivity index (χ2v) is 4.12. The Kier molecular flexibility index (Phi) is 5.26. The first-order chi connectivity index (χ1) is 7.65. The van der Waals surface area contributed by atoms with Crippen LogP contribution in [-0.2, 0) is 0 Å². The van der Waals surface area contributed by atoms with Gasteiger partial charge in [-0.05, 0) is 44.6 Å². The monoisotopic (exact) mass is 221 g/mol. The molecule has 0 amide bonds. The average molecular weight is 221 g/mol. The molecule has 0 aliphatic rings. The van der Waals surface area contributed by atoms with Crippen LogP contribution < -0.4 is 5.32 Å². The Morgan fingerprint density at radius 2 is 1.88 bits per heavy atom. The maximum absolute atomic E-state index is 4.45. The van der Waals surface area contributed by atoms with Crippen LogP contribution in [0.1, 0.15) is 25.1 Å². The molecule has 0 saturated carbocycles. The summed E-state index contributed by atoms with van der Waals surface area (Å²) >= 11 is 0. The van der Waals surface area contributed by atoms with Gasteiger partial charge >= 0.3 is 0 Å². The summed E-state index contributed by atoms with van der Waals surface area (Å²) in [5, 5.41) is 3.37. The highest BCUT2D eigenvalue weighted by Gasteiger charge is 2.00. The number of aromatic nitrogens is 1. The number of hydrogen-bond donors (Lipinski definition) is 1. The zero-order valence-electron chi connectivity index (χ0n) is 10.9. The molecule has 0 bridgehead atoms. The van der Waals surface area contributed by atoms with Gasteiger partial charge in [-0.25, -0.2) is 4.98 Å². The van der Waals surface area contributed by atoms with Gasteiger partial charge in [-0.3, -0.25) is 0 Å². The zero-order valence-corrected chi connectivity index (χ0v) is 10.9. The summed E-state index contributed by atoms with van der Waals surface area (Å²) in [6.07, 6.45) is 0. The van der Waals surface area contributed by atoms with E-state index in [1.807, 2.05) is 6.92 Å². The van der Waals surface area contributed by atoms with Crippen molar-refractivity contribution in [3.8, 4) is 0 Å². The summed E-state index contributed by atoms with van der Waals surface area (Å²) in [5.41, 5.74) is 2.34. The molecular formula is C13H23N3. The number of anilines is 1. The molecule has 1 aromatic rings. The number of pyridine rings is 1. The fourth-order valence-corrected chi connectivity index (χ4v) is 1.81. The van der Waals surface area contributed by atoms with Gasteiger partial charge in [-0.15, -0.1) is 0 Å². The lowest BCUT2D eigenvalue weighted by molar-refractivity contribution is 0.316. The molecule has 0 fully saturated rings. The number of nitrogens with one attached hydrogen (secondary N) is 1. The SMILES string of the molecule is CCN(CC)CCNc1cc(C)cc(C)n1. The molecule has 90 valence electrons. The Morgan fingerprint density at radius 1 is 1.19 bits per heavy atom. The van der Waals surface area contributed by atoms with E-state index in [1.165, 1.54) is 5.56 Å². The first-order valence-electron chi connectivity index (χ1n) is 6.07. The molecule has 1 rings (SSSR count). The van der Waals surface area contributed by atoms with Gasteiger partial charge in [0.25, 0.3) is 0 Å². The van der Waals surface area contributed by atoms with Gasteiger partial charge < -0.3 is 10.2 Å². The van der Waals surface area contributed by atoms with Crippen LogP contribution in [0.4, 0.5) is 5.82 Å². The van der Waals surface area contributed by atoms with Crippen molar-refractivity contribution in [2.75, 3.05) is 31.5 Å². The Morgan fingerprint density at radius 3 is 2.44 bits per heavy atom. The molecule has 3 nitrogen and oxygen atoms in total. The van der Waals surface area contributed by atoms with Gasteiger partial charge in [-0.1, -0.05) is 13.8 Å². The molecule has 0 saturated heterocycles. The zero-order chi connectivity index (χ0) is 12.0. The van der Waals surface area contributed by atoms with Crippen molar-refractivity contribution in [3.05, 3.63) is 23.4 Å². The van der Waals surface area contributed by atoms with E-state index in [2.05, 4.69) is 48.1 Å². The first kappa shape index (κ1) is 13.0.